The second-order valence-electron chi connectivity index (χ2n) is 6.05. The predicted molar refractivity (Wildman–Crippen MR) is 69.2 cm³/mol. The van der Waals surface area contributed by atoms with Gasteiger partial charge in [-0.1, -0.05) is 13.8 Å². The zero-order valence-electron chi connectivity index (χ0n) is 12.6. The molecular weight excluding hydrogens is 289 g/mol. The molecule has 122 valence electrons. The van der Waals surface area contributed by atoms with Crippen LogP contribution in [0.2, 0.25) is 0 Å². The van der Waals surface area contributed by atoms with Crippen LogP contribution in [-0.2, 0) is 14.3 Å². The molecule has 0 aromatic rings. The lowest BCUT2D eigenvalue weighted by atomic mass is 9.92. The number of carbonyl (C=O) groups excluding carboxylic acids is 2. The van der Waals surface area contributed by atoms with E-state index in [1.165, 1.54) is 18.7 Å². The first-order valence-corrected chi connectivity index (χ1v) is 6.78. The highest BCUT2D eigenvalue weighted by molar-refractivity contribution is 5.99. The minimum atomic E-state index is -4.75. The van der Waals surface area contributed by atoms with Crippen LogP contribution in [-0.4, -0.2) is 47.8 Å². The zero-order valence-corrected chi connectivity index (χ0v) is 12.6. The van der Waals surface area contributed by atoms with Crippen molar-refractivity contribution in [3.63, 3.8) is 0 Å². The van der Waals surface area contributed by atoms with Gasteiger partial charge in [-0.3, -0.25) is 14.3 Å². The number of rotatable bonds is 5. The van der Waals surface area contributed by atoms with E-state index < -0.39 is 30.5 Å². The Balaban J connectivity index is 2.84. The standard InChI is InChI=1S/C13H21F3N2O3/c1-8(2)7-9-10(19)17-12(3,4)11(20)18(9)5-6-21-13(14,15)16/h8-9H,5-7H2,1-4H3,(H,17,19). The van der Waals surface area contributed by atoms with E-state index in [0.29, 0.717) is 6.42 Å². The van der Waals surface area contributed by atoms with Crippen LogP contribution in [0.4, 0.5) is 13.2 Å². The van der Waals surface area contributed by atoms with Crippen LogP contribution in [0.15, 0.2) is 0 Å². The number of ether oxygens (including phenoxy) is 1. The van der Waals surface area contributed by atoms with Crippen LogP contribution in [0.3, 0.4) is 0 Å². The normalized spacial score (nSPS) is 22.7. The van der Waals surface area contributed by atoms with Gasteiger partial charge < -0.3 is 10.2 Å². The van der Waals surface area contributed by atoms with E-state index in [2.05, 4.69) is 10.1 Å². The van der Waals surface area contributed by atoms with Crippen molar-refractivity contribution in [1.29, 1.82) is 0 Å². The summed E-state index contributed by atoms with van der Waals surface area (Å²) in [6.45, 7) is 5.84. The first-order valence-electron chi connectivity index (χ1n) is 6.78. The average Bonchev–Trinajstić information content (AvgIpc) is 2.27. The summed E-state index contributed by atoms with van der Waals surface area (Å²) in [5, 5.41) is 2.60. The van der Waals surface area contributed by atoms with Crippen LogP contribution in [0.25, 0.3) is 0 Å². The maximum Gasteiger partial charge on any atom is 0.522 e. The average molecular weight is 310 g/mol. The van der Waals surface area contributed by atoms with Gasteiger partial charge in [-0.05, 0) is 26.2 Å². The molecule has 1 aliphatic heterocycles. The highest BCUT2D eigenvalue weighted by atomic mass is 19.4. The number of nitrogens with one attached hydrogen (secondary N) is 1. The lowest BCUT2D eigenvalue weighted by Gasteiger charge is -2.43. The van der Waals surface area contributed by atoms with Crippen molar-refractivity contribution >= 4 is 11.8 Å². The third-order valence-corrected chi connectivity index (χ3v) is 3.20. The molecule has 1 fully saturated rings. The number of amides is 2. The molecule has 0 spiro atoms. The summed E-state index contributed by atoms with van der Waals surface area (Å²) in [6.07, 6.45) is -4.36. The molecule has 0 radical (unpaired) electrons. The fourth-order valence-corrected chi connectivity index (χ4v) is 2.28. The van der Waals surface area contributed by atoms with Gasteiger partial charge in [-0.15, -0.1) is 13.2 Å². The number of halogens is 3. The Labute approximate surface area is 121 Å². The van der Waals surface area contributed by atoms with Gasteiger partial charge in [0.25, 0.3) is 0 Å². The molecule has 0 aliphatic carbocycles. The zero-order chi connectivity index (χ0) is 16.4. The quantitative estimate of drug-likeness (QED) is 0.840. The molecule has 0 aromatic heterocycles. The van der Waals surface area contributed by atoms with E-state index >= 15 is 0 Å². The third-order valence-electron chi connectivity index (χ3n) is 3.20. The topological polar surface area (TPSA) is 58.6 Å². The van der Waals surface area contributed by atoms with Gasteiger partial charge in [-0.2, -0.15) is 0 Å². The molecule has 0 saturated carbocycles. The summed E-state index contributed by atoms with van der Waals surface area (Å²) in [5.41, 5.74) is -1.12. The van der Waals surface area contributed by atoms with Gasteiger partial charge in [0.05, 0.1) is 6.61 Å². The van der Waals surface area contributed by atoms with Gasteiger partial charge >= 0.3 is 6.36 Å². The highest BCUT2D eigenvalue weighted by Gasteiger charge is 2.45. The Hall–Kier alpha value is -1.31. The van der Waals surface area contributed by atoms with Gasteiger partial charge in [0, 0.05) is 6.54 Å². The molecule has 1 atom stereocenters. The summed E-state index contributed by atoms with van der Waals surface area (Å²) in [6, 6.07) is -0.762. The smallest absolute Gasteiger partial charge is 0.340 e. The molecule has 1 aliphatic rings. The van der Waals surface area contributed by atoms with Crippen molar-refractivity contribution in [2.45, 2.75) is 52.1 Å². The van der Waals surface area contributed by atoms with Gasteiger partial charge in [0.1, 0.15) is 11.6 Å². The number of carbonyl (C=O) groups is 2. The SMILES string of the molecule is CC(C)CC1C(=O)NC(C)(C)C(=O)N1CCOC(F)(F)F. The number of nitrogens with zero attached hydrogens (tertiary/aromatic N) is 1. The van der Waals surface area contributed by atoms with Crippen molar-refractivity contribution in [2.75, 3.05) is 13.2 Å². The van der Waals surface area contributed by atoms with Crippen LogP contribution >= 0.6 is 0 Å². The van der Waals surface area contributed by atoms with Crippen LogP contribution < -0.4 is 5.32 Å². The van der Waals surface area contributed by atoms with E-state index in [4.69, 9.17) is 0 Å². The van der Waals surface area contributed by atoms with Crippen LogP contribution in [0.5, 0.6) is 0 Å². The molecule has 8 heteroatoms. The first-order chi connectivity index (χ1) is 9.44. The molecule has 1 unspecified atom stereocenters. The second kappa shape index (κ2) is 6.21. The number of piperazine rings is 1. The Morgan fingerprint density at radius 3 is 2.38 bits per heavy atom. The molecule has 2 amide bonds. The fraction of sp³-hybridized carbons (Fsp3) is 0.846. The fourth-order valence-electron chi connectivity index (χ4n) is 2.28. The third kappa shape index (κ3) is 4.87. The molecule has 5 nitrogen and oxygen atoms in total. The molecule has 1 rings (SSSR count). The maximum atomic E-state index is 12.3. The molecule has 1 N–H and O–H groups in total. The van der Waals surface area contributed by atoms with Crippen molar-refractivity contribution < 1.29 is 27.5 Å². The van der Waals surface area contributed by atoms with E-state index in [1.54, 1.807) is 0 Å². The van der Waals surface area contributed by atoms with Crippen molar-refractivity contribution in [3.8, 4) is 0 Å². The summed E-state index contributed by atoms with van der Waals surface area (Å²) in [7, 11) is 0. The Morgan fingerprint density at radius 2 is 1.90 bits per heavy atom. The summed E-state index contributed by atoms with van der Waals surface area (Å²) in [5.74, 6) is -0.625. The Bertz CT molecular complexity index is 408. The lowest BCUT2D eigenvalue weighted by molar-refractivity contribution is -0.325. The van der Waals surface area contributed by atoms with Gasteiger partial charge in [0.2, 0.25) is 11.8 Å². The maximum absolute atomic E-state index is 12.3. The van der Waals surface area contributed by atoms with E-state index in [0.717, 1.165) is 0 Å². The predicted octanol–water partition coefficient (Wildman–Crippen LogP) is 1.67. The lowest BCUT2D eigenvalue weighted by Crippen LogP contribution is -2.68. The molecule has 21 heavy (non-hydrogen) atoms. The summed E-state index contributed by atoms with van der Waals surface area (Å²) >= 11 is 0. The molecule has 1 heterocycles. The summed E-state index contributed by atoms with van der Waals surface area (Å²) in [4.78, 5) is 25.6. The molecule has 0 bridgehead atoms. The molecule has 1 saturated heterocycles. The van der Waals surface area contributed by atoms with Gasteiger partial charge in [-0.25, -0.2) is 0 Å². The number of alkyl halides is 3. The van der Waals surface area contributed by atoms with E-state index in [1.807, 2.05) is 13.8 Å². The van der Waals surface area contributed by atoms with Crippen molar-refractivity contribution in [2.24, 2.45) is 5.92 Å². The second-order valence-corrected chi connectivity index (χ2v) is 6.05. The molecular formula is C13H21F3N2O3. The Kier molecular flexibility index (Phi) is 5.25. The van der Waals surface area contributed by atoms with Crippen LogP contribution in [0.1, 0.15) is 34.1 Å². The first kappa shape index (κ1) is 17.7. The highest BCUT2D eigenvalue weighted by Crippen LogP contribution is 2.23. The molecule has 0 aromatic carbocycles. The summed E-state index contributed by atoms with van der Waals surface area (Å²) < 4.78 is 39.8. The number of hydrogen-bond donors (Lipinski definition) is 1. The van der Waals surface area contributed by atoms with Crippen molar-refractivity contribution in [1.82, 2.24) is 10.2 Å². The van der Waals surface area contributed by atoms with E-state index in [9.17, 15) is 22.8 Å². The largest absolute Gasteiger partial charge is 0.522 e. The monoisotopic (exact) mass is 310 g/mol. The Morgan fingerprint density at radius 1 is 1.33 bits per heavy atom. The number of hydrogen-bond acceptors (Lipinski definition) is 3. The van der Waals surface area contributed by atoms with Crippen LogP contribution in [0, 0.1) is 5.92 Å². The van der Waals surface area contributed by atoms with Gasteiger partial charge in [0.15, 0.2) is 0 Å². The minimum Gasteiger partial charge on any atom is -0.340 e. The van der Waals surface area contributed by atoms with Crippen molar-refractivity contribution in [3.05, 3.63) is 0 Å². The van der Waals surface area contributed by atoms with E-state index in [-0.39, 0.29) is 18.4 Å². The minimum absolute atomic E-state index is 0.126.